The van der Waals surface area contributed by atoms with E-state index in [0.717, 1.165) is 5.56 Å². The van der Waals surface area contributed by atoms with E-state index in [0.29, 0.717) is 17.5 Å². The molecule has 25 heavy (non-hydrogen) atoms. The molecule has 0 bridgehead atoms. The van der Waals surface area contributed by atoms with Crippen molar-refractivity contribution in [2.24, 2.45) is 0 Å². The smallest absolute Gasteiger partial charge is 0.336 e. The molecule has 0 fully saturated rings. The second kappa shape index (κ2) is 7.57. The zero-order valence-electron chi connectivity index (χ0n) is 13.8. The third-order valence-electron chi connectivity index (χ3n) is 3.87. The summed E-state index contributed by atoms with van der Waals surface area (Å²) in [6.45, 7) is 4.82. The van der Waals surface area contributed by atoms with Gasteiger partial charge in [0.2, 0.25) is 0 Å². The van der Waals surface area contributed by atoms with Gasteiger partial charge in [-0.05, 0) is 31.0 Å². The highest BCUT2D eigenvalue weighted by molar-refractivity contribution is 6.05. The Kier molecular flexibility index (Phi) is 5.49. The summed E-state index contributed by atoms with van der Waals surface area (Å²) in [6, 6.07) is 11.0. The molecule has 5 heteroatoms. The first-order valence-corrected chi connectivity index (χ1v) is 7.69. The molecule has 0 saturated heterocycles. The van der Waals surface area contributed by atoms with Crippen molar-refractivity contribution in [1.29, 1.82) is 0 Å². The average Bonchev–Trinajstić information content (AvgIpc) is 2.59. The van der Waals surface area contributed by atoms with E-state index >= 15 is 0 Å². The third-order valence-corrected chi connectivity index (χ3v) is 3.87. The lowest BCUT2D eigenvalue weighted by molar-refractivity contribution is 0.0691. The molecule has 0 aliphatic carbocycles. The molecule has 0 atom stereocenters. The molecule has 0 aromatic heterocycles. The summed E-state index contributed by atoms with van der Waals surface area (Å²) in [5, 5.41) is 18.7. The first-order chi connectivity index (χ1) is 11.8. The number of Topliss-reactive ketones (excluding diaryl/α,β-unsaturated/α-hetero) is 2. The molecular formula is C20H18O5. The van der Waals surface area contributed by atoms with E-state index in [1.165, 1.54) is 19.1 Å². The van der Waals surface area contributed by atoms with E-state index in [1.807, 2.05) is 0 Å². The Morgan fingerprint density at radius 3 is 2.12 bits per heavy atom. The number of aliphatic hydroxyl groups is 1. The maximum Gasteiger partial charge on any atom is 0.336 e. The number of rotatable bonds is 7. The second-order valence-corrected chi connectivity index (χ2v) is 5.66. The van der Waals surface area contributed by atoms with Gasteiger partial charge in [-0.3, -0.25) is 9.59 Å². The fourth-order valence-corrected chi connectivity index (χ4v) is 2.60. The molecule has 0 aliphatic heterocycles. The summed E-state index contributed by atoms with van der Waals surface area (Å²) in [6.07, 6.45) is 0.465. The number of aryl methyl sites for hydroxylation is 1. The Bertz CT molecular complexity index is 864. The normalized spacial score (nSPS) is 10.3. The monoisotopic (exact) mass is 338 g/mol. The van der Waals surface area contributed by atoms with E-state index in [-0.39, 0.29) is 34.9 Å². The van der Waals surface area contributed by atoms with Gasteiger partial charge >= 0.3 is 5.97 Å². The van der Waals surface area contributed by atoms with Crippen molar-refractivity contribution < 1.29 is 24.6 Å². The molecule has 2 rings (SSSR count). The third kappa shape index (κ3) is 4.20. The second-order valence-electron chi connectivity index (χ2n) is 5.66. The largest absolute Gasteiger partial charge is 0.508 e. The van der Waals surface area contributed by atoms with Crippen molar-refractivity contribution in [3.63, 3.8) is 0 Å². The van der Waals surface area contributed by atoms with Crippen LogP contribution in [0.25, 0.3) is 5.76 Å². The van der Waals surface area contributed by atoms with Crippen LogP contribution >= 0.6 is 0 Å². The zero-order chi connectivity index (χ0) is 18.6. The molecule has 0 unspecified atom stereocenters. The van der Waals surface area contributed by atoms with Crippen molar-refractivity contribution in [2.45, 2.75) is 19.8 Å². The van der Waals surface area contributed by atoms with Gasteiger partial charge in [0.15, 0.2) is 11.6 Å². The Morgan fingerprint density at radius 1 is 0.920 bits per heavy atom. The number of aromatic carboxylic acids is 1. The lowest BCUT2D eigenvalue weighted by Crippen LogP contribution is -2.09. The van der Waals surface area contributed by atoms with Crippen LogP contribution in [0.15, 0.2) is 49.0 Å². The summed E-state index contributed by atoms with van der Waals surface area (Å²) in [5.74, 6) is -1.83. The molecule has 2 aromatic rings. The molecule has 0 saturated carbocycles. The summed E-state index contributed by atoms with van der Waals surface area (Å²) >= 11 is 0. The zero-order valence-corrected chi connectivity index (χ0v) is 13.8. The number of benzene rings is 2. The van der Waals surface area contributed by atoms with Crippen LogP contribution in [0.2, 0.25) is 0 Å². The quantitative estimate of drug-likeness (QED) is 0.589. The Labute approximate surface area is 145 Å². The number of hydrogen-bond acceptors (Lipinski definition) is 4. The lowest BCUT2D eigenvalue weighted by atomic mass is 9.95. The predicted molar refractivity (Wildman–Crippen MR) is 94.2 cm³/mol. The minimum atomic E-state index is -1.14. The van der Waals surface area contributed by atoms with Crippen molar-refractivity contribution in [1.82, 2.24) is 0 Å². The van der Waals surface area contributed by atoms with Crippen LogP contribution in [-0.4, -0.2) is 27.7 Å². The van der Waals surface area contributed by atoms with Crippen molar-refractivity contribution >= 4 is 23.3 Å². The van der Waals surface area contributed by atoms with Crippen LogP contribution in [0, 0.1) is 0 Å². The van der Waals surface area contributed by atoms with Crippen LogP contribution in [0.1, 0.15) is 55.5 Å². The topological polar surface area (TPSA) is 91.7 Å². The van der Waals surface area contributed by atoms with Gasteiger partial charge in [0.05, 0.1) is 5.56 Å². The number of carboxylic acid groups (broad SMARTS) is 1. The molecule has 0 heterocycles. The highest BCUT2D eigenvalue weighted by Gasteiger charge is 2.16. The molecule has 0 amide bonds. The van der Waals surface area contributed by atoms with Gasteiger partial charge in [-0.15, -0.1) is 0 Å². The molecule has 0 aliphatic rings. The van der Waals surface area contributed by atoms with E-state index in [2.05, 4.69) is 6.58 Å². The first-order valence-electron chi connectivity index (χ1n) is 7.69. The fraction of sp³-hybridized carbons (Fsp3) is 0.150. The van der Waals surface area contributed by atoms with Gasteiger partial charge in [0.1, 0.15) is 5.76 Å². The SMILES string of the molecule is C=C(O)c1ccc(CCC(=O)c2ccccc2C(=O)O)cc1C(C)=O. The molecule has 128 valence electrons. The summed E-state index contributed by atoms with van der Waals surface area (Å²) in [5.41, 5.74) is 1.59. The van der Waals surface area contributed by atoms with Gasteiger partial charge in [-0.2, -0.15) is 0 Å². The minimum absolute atomic E-state index is 0.0242. The summed E-state index contributed by atoms with van der Waals surface area (Å²) in [4.78, 5) is 35.3. The average molecular weight is 338 g/mol. The molecular weight excluding hydrogens is 320 g/mol. The maximum atomic E-state index is 12.4. The van der Waals surface area contributed by atoms with Crippen LogP contribution in [-0.2, 0) is 6.42 Å². The van der Waals surface area contributed by atoms with Crippen LogP contribution in [0.3, 0.4) is 0 Å². The molecule has 5 nitrogen and oxygen atoms in total. The standard InChI is InChI=1S/C20H18O5/c1-12(21)15-9-7-14(11-18(15)13(2)22)8-10-19(23)16-5-3-4-6-17(16)20(24)25/h3-7,9,11,21H,1,8,10H2,2H3,(H,24,25). The highest BCUT2D eigenvalue weighted by atomic mass is 16.4. The van der Waals surface area contributed by atoms with Crippen molar-refractivity contribution in [3.05, 3.63) is 76.9 Å². The van der Waals surface area contributed by atoms with Gasteiger partial charge in [0.25, 0.3) is 0 Å². The number of hydrogen-bond donors (Lipinski definition) is 2. The van der Waals surface area contributed by atoms with Gasteiger partial charge in [0, 0.05) is 23.1 Å². The number of carboxylic acids is 1. The van der Waals surface area contributed by atoms with Crippen molar-refractivity contribution in [2.75, 3.05) is 0 Å². The number of ketones is 2. The number of carbonyl (C=O) groups is 3. The Morgan fingerprint density at radius 2 is 1.56 bits per heavy atom. The molecule has 0 radical (unpaired) electrons. The maximum absolute atomic E-state index is 12.4. The highest BCUT2D eigenvalue weighted by Crippen LogP contribution is 2.20. The molecule has 2 aromatic carbocycles. The molecule has 2 N–H and O–H groups in total. The number of carbonyl (C=O) groups excluding carboxylic acids is 2. The van der Waals surface area contributed by atoms with Gasteiger partial charge in [-0.1, -0.05) is 36.9 Å². The summed E-state index contributed by atoms with van der Waals surface area (Å²) in [7, 11) is 0. The molecule has 0 spiro atoms. The van der Waals surface area contributed by atoms with Crippen molar-refractivity contribution in [3.8, 4) is 0 Å². The van der Waals surface area contributed by atoms with Crippen LogP contribution < -0.4 is 0 Å². The van der Waals surface area contributed by atoms with Gasteiger partial charge < -0.3 is 10.2 Å². The van der Waals surface area contributed by atoms with E-state index < -0.39 is 5.97 Å². The fourth-order valence-electron chi connectivity index (χ4n) is 2.60. The number of aliphatic hydroxyl groups excluding tert-OH is 1. The van der Waals surface area contributed by atoms with Crippen LogP contribution in [0.4, 0.5) is 0 Å². The van der Waals surface area contributed by atoms with E-state index in [9.17, 15) is 19.5 Å². The van der Waals surface area contributed by atoms with Crippen LogP contribution in [0.5, 0.6) is 0 Å². The minimum Gasteiger partial charge on any atom is -0.508 e. The first kappa shape index (κ1) is 18.1. The Hall–Kier alpha value is -3.21. The van der Waals surface area contributed by atoms with E-state index in [4.69, 9.17) is 5.11 Å². The lowest BCUT2D eigenvalue weighted by Gasteiger charge is -2.09. The predicted octanol–water partition coefficient (Wildman–Crippen LogP) is 3.93. The summed E-state index contributed by atoms with van der Waals surface area (Å²) < 4.78 is 0. The Balaban J connectivity index is 2.21. The van der Waals surface area contributed by atoms with E-state index in [1.54, 1.807) is 30.3 Å². The van der Waals surface area contributed by atoms with Gasteiger partial charge in [-0.25, -0.2) is 4.79 Å².